The van der Waals surface area contributed by atoms with Crippen molar-refractivity contribution >= 4 is 16.7 Å². The zero-order chi connectivity index (χ0) is 23.8. The molecule has 3 aliphatic heterocycles. The van der Waals surface area contributed by atoms with Gasteiger partial charge in [-0.3, -0.25) is 4.79 Å². The number of fused-ring (bicyclic) bond motifs is 3. The third-order valence-electron chi connectivity index (χ3n) is 7.65. The van der Waals surface area contributed by atoms with E-state index in [1.807, 2.05) is 17.0 Å². The Balaban J connectivity index is 1.07. The Morgan fingerprint density at radius 3 is 2.77 bits per heavy atom. The molecule has 1 amide bonds. The van der Waals surface area contributed by atoms with Crippen molar-refractivity contribution in [3.05, 3.63) is 71.3 Å². The summed E-state index contributed by atoms with van der Waals surface area (Å²) in [4.78, 5) is 17.6. The first kappa shape index (κ1) is 22.4. The van der Waals surface area contributed by atoms with E-state index in [0.717, 1.165) is 62.3 Å². The van der Waals surface area contributed by atoms with Crippen molar-refractivity contribution in [2.75, 3.05) is 39.5 Å². The minimum absolute atomic E-state index is 0.0951. The molecule has 0 aliphatic carbocycles. The van der Waals surface area contributed by atoms with Gasteiger partial charge in [0.2, 0.25) is 6.79 Å². The Hall–Kier alpha value is -3.09. The van der Waals surface area contributed by atoms with Crippen molar-refractivity contribution in [1.29, 1.82) is 0 Å². The van der Waals surface area contributed by atoms with Crippen LogP contribution in [0.25, 0.3) is 10.8 Å². The summed E-state index contributed by atoms with van der Waals surface area (Å²) < 4.78 is 11.0. The maximum Gasteiger partial charge on any atom is 0.254 e. The molecule has 2 atom stereocenters. The monoisotopic (exact) mass is 472 g/mol. The van der Waals surface area contributed by atoms with Gasteiger partial charge in [-0.05, 0) is 65.8 Å². The maximum absolute atomic E-state index is 13.2. The predicted molar refractivity (Wildman–Crippen MR) is 135 cm³/mol. The molecular weight excluding hydrogens is 440 g/mol. The van der Waals surface area contributed by atoms with E-state index in [2.05, 4.69) is 47.4 Å². The number of β-amino-alcohol motifs (C(OH)–C–C–N with tert-alkyl or cyclic N) is 1. The van der Waals surface area contributed by atoms with Gasteiger partial charge in [-0.2, -0.15) is 0 Å². The highest BCUT2D eigenvalue weighted by atomic mass is 16.7. The van der Waals surface area contributed by atoms with Crippen LogP contribution in [-0.2, 0) is 12.8 Å². The standard InChI is InChI=1S/C29H32N2O4/c32-24(13-22-8-3-7-21-6-1-2-9-25(21)22)18-30-11-4-5-20(16-30)17-31-12-10-23-14-27-28(35-19-34-27)15-26(23)29(31)33/h1-3,6-9,14-15,20,24,32H,4-5,10-13,16-19H2. The topological polar surface area (TPSA) is 62.2 Å². The number of rotatable bonds is 6. The molecule has 0 saturated carbocycles. The average molecular weight is 473 g/mol. The number of hydrogen-bond acceptors (Lipinski definition) is 5. The average Bonchev–Trinajstić information content (AvgIpc) is 3.33. The van der Waals surface area contributed by atoms with Gasteiger partial charge in [0.1, 0.15) is 0 Å². The van der Waals surface area contributed by atoms with Gasteiger partial charge < -0.3 is 24.4 Å². The van der Waals surface area contributed by atoms with Gasteiger partial charge in [-0.1, -0.05) is 42.5 Å². The number of aliphatic hydroxyl groups is 1. The Morgan fingerprint density at radius 2 is 1.86 bits per heavy atom. The molecule has 1 fully saturated rings. The molecule has 6 heteroatoms. The molecule has 3 aliphatic rings. The van der Waals surface area contributed by atoms with Crippen molar-refractivity contribution < 1.29 is 19.4 Å². The Morgan fingerprint density at radius 1 is 1.03 bits per heavy atom. The van der Waals surface area contributed by atoms with Crippen molar-refractivity contribution in [2.45, 2.75) is 31.8 Å². The zero-order valence-corrected chi connectivity index (χ0v) is 20.0. The van der Waals surface area contributed by atoms with Gasteiger partial charge >= 0.3 is 0 Å². The van der Waals surface area contributed by atoms with Gasteiger partial charge in [0, 0.05) is 38.2 Å². The number of amides is 1. The first-order valence-electron chi connectivity index (χ1n) is 12.7. The van der Waals surface area contributed by atoms with Gasteiger partial charge in [0.05, 0.1) is 6.10 Å². The van der Waals surface area contributed by atoms with Crippen LogP contribution in [0.1, 0.15) is 34.3 Å². The Kier molecular flexibility index (Phi) is 6.08. The highest BCUT2D eigenvalue weighted by Crippen LogP contribution is 2.37. The van der Waals surface area contributed by atoms with Gasteiger partial charge in [0.15, 0.2) is 11.5 Å². The number of piperidine rings is 1. The summed E-state index contributed by atoms with van der Waals surface area (Å²) in [5.41, 5.74) is 3.00. The summed E-state index contributed by atoms with van der Waals surface area (Å²) in [6.07, 6.45) is 3.31. The minimum atomic E-state index is -0.410. The second-order valence-corrected chi connectivity index (χ2v) is 10.1. The van der Waals surface area contributed by atoms with E-state index < -0.39 is 6.10 Å². The maximum atomic E-state index is 13.2. The van der Waals surface area contributed by atoms with Gasteiger partial charge in [-0.15, -0.1) is 0 Å². The van der Waals surface area contributed by atoms with Crippen molar-refractivity contribution in [3.63, 3.8) is 0 Å². The first-order valence-corrected chi connectivity index (χ1v) is 12.7. The van der Waals surface area contributed by atoms with E-state index in [-0.39, 0.29) is 12.7 Å². The van der Waals surface area contributed by atoms with Crippen LogP contribution in [0, 0.1) is 5.92 Å². The molecule has 0 aromatic heterocycles. The van der Waals surface area contributed by atoms with Crippen LogP contribution in [-0.4, -0.2) is 66.4 Å². The highest BCUT2D eigenvalue weighted by molar-refractivity contribution is 5.97. The van der Waals surface area contributed by atoms with Crippen LogP contribution in [0.3, 0.4) is 0 Å². The molecule has 3 aromatic carbocycles. The van der Waals surface area contributed by atoms with Crippen LogP contribution in [0.5, 0.6) is 11.5 Å². The minimum Gasteiger partial charge on any atom is -0.454 e. The lowest BCUT2D eigenvalue weighted by Gasteiger charge is -2.38. The molecule has 182 valence electrons. The van der Waals surface area contributed by atoms with Gasteiger partial charge in [-0.25, -0.2) is 0 Å². The van der Waals surface area contributed by atoms with Crippen LogP contribution in [0.2, 0.25) is 0 Å². The molecule has 0 radical (unpaired) electrons. The predicted octanol–water partition coefficient (Wildman–Crippen LogP) is 3.88. The molecule has 3 heterocycles. The van der Waals surface area contributed by atoms with E-state index in [0.29, 0.717) is 24.6 Å². The number of hydrogen-bond donors (Lipinski definition) is 1. The fourth-order valence-corrected chi connectivity index (χ4v) is 5.96. The number of ether oxygens (including phenoxy) is 2. The molecule has 0 bridgehead atoms. The highest BCUT2D eigenvalue weighted by Gasteiger charge is 2.31. The third-order valence-corrected chi connectivity index (χ3v) is 7.65. The molecule has 0 spiro atoms. The molecule has 6 nitrogen and oxygen atoms in total. The lowest BCUT2D eigenvalue weighted by atomic mass is 9.93. The number of likely N-dealkylation sites (tertiary alicyclic amines) is 1. The van der Waals surface area contributed by atoms with Crippen LogP contribution >= 0.6 is 0 Å². The van der Waals surface area contributed by atoms with E-state index in [9.17, 15) is 9.90 Å². The van der Waals surface area contributed by atoms with E-state index >= 15 is 0 Å². The molecular formula is C29H32N2O4. The van der Waals surface area contributed by atoms with Crippen LogP contribution < -0.4 is 9.47 Å². The smallest absolute Gasteiger partial charge is 0.254 e. The molecule has 35 heavy (non-hydrogen) atoms. The third kappa shape index (κ3) is 4.60. The summed E-state index contributed by atoms with van der Waals surface area (Å²) in [5.74, 6) is 1.93. The Bertz CT molecular complexity index is 1240. The number of aliphatic hydroxyl groups excluding tert-OH is 1. The molecule has 6 rings (SSSR count). The fraction of sp³-hybridized carbons (Fsp3) is 0.414. The SMILES string of the molecule is O=C1c2cc3c(cc2CCN1CC1CCCN(CC(O)Cc2cccc4ccccc24)C1)OCO3. The number of benzene rings is 3. The zero-order valence-electron chi connectivity index (χ0n) is 20.0. The largest absolute Gasteiger partial charge is 0.454 e. The van der Waals surface area contributed by atoms with Crippen LogP contribution in [0.4, 0.5) is 0 Å². The lowest BCUT2D eigenvalue weighted by Crippen LogP contribution is -2.46. The van der Waals surface area contributed by atoms with Crippen molar-refractivity contribution in [3.8, 4) is 11.5 Å². The van der Waals surface area contributed by atoms with Crippen LogP contribution in [0.15, 0.2) is 54.6 Å². The summed E-state index contributed by atoms with van der Waals surface area (Å²) in [5, 5.41) is 13.4. The van der Waals surface area contributed by atoms with E-state index in [4.69, 9.17) is 9.47 Å². The molecule has 2 unspecified atom stereocenters. The summed E-state index contributed by atoms with van der Waals surface area (Å²) in [6.45, 7) is 4.32. The van der Waals surface area contributed by atoms with Crippen molar-refractivity contribution in [1.82, 2.24) is 9.80 Å². The van der Waals surface area contributed by atoms with Gasteiger partial charge in [0.25, 0.3) is 5.91 Å². The van der Waals surface area contributed by atoms with E-state index in [1.54, 1.807) is 0 Å². The summed E-state index contributed by atoms with van der Waals surface area (Å²) in [7, 11) is 0. The van der Waals surface area contributed by atoms with E-state index in [1.165, 1.54) is 16.3 Å². The first-order chi connectivity index (χ1) is 17.1. The number of carbonyl (C=O) groups is 1. The second kappa shape index (κ2) is 9.51. The molecule has 1 saturated heterocycles. The molecule has 1 N–H and O–H groups in total. The summed E-state index contributed by atoms with van der Waals surface area (Å²) in [6, 6.07) is 18.5. The second-order valence-electron chi connectivity index (χ2n) is 10.1. The quantitative estimate of drug-likeness (QED) is 0.590. The van der Waals surface area contributed by atoms with Crippen molar-refractivity contribution in [2.24, 2.45) is 5.92 Å². The lowest BCUT2D eigenvalue weighted by molar-refractivity contribution is 0.0579. The number of carbonyl (C=O) groups excluding carboxylic acids is 1. The summed E-state index contributed by atoms with van der Waals surface area (Å²) >= 11 is 0. The Labute approximate surface area is 206 Å². The fourth-order valence-electron chi connectivity index (χ4n) is 5.96. The normalized spacial score (nSPS) is 20.8. The molecule has 3 aromatic rings. The number of nitrogens with zero attached hydrogens (tertiary/aromatic N) is 2.